The molecule has 0 amide bonds. The van der Waals surface area contributed by atoms with Gasteiger partial charge in [0, 0.05) is 30.7 Å². The van der Waals surface area contributed by atoms with Crippen molar-refractivity contribution in [3.05, 3.63) is 53.5 Å². The van der Waals surface area contributed by atoms with Crippen LogP contribution in [0.2, 0.25) is 0 Å². The number of aliphatic hydroxyl groups excluding tert-OH is 1. The van der Waals surface area contributed by atoms with Crippen LogP contribution in [0.5, 0.6) is 5.75 Å². The quantitative estimate of drug-likeness (QED) is 0.641. The molecule has 0 aliphatic heterocycles. The van der Waals surface area contributed by atoms with Crippen LogP contribution >= 0.6 is 0 Å². The topological polar surface area (TPSA) is 90.0 Å². The summed E-state index contributed by atoms with van der Waals surface area (Å²) in [4.78, 5) is 7.84. The zero-order valence-corrected chi connectivity index (χ0v) is 15.7. The molecule has 2 aromatic rings. The molecule has 0 fully saturated rings. The molecule has 0 atom stereocenters. The smallest absolute Gasteiger partial charge is 0.280 e. The highest BCUT2D eigenvalue weighted by Crippen LogP contribution is 2.36. The standard InChI is InChI=1S/C20H23F2N3O3/c1-27-12-14-4-3-13(15(9-23)10-24-5-6-26)7-16(14)17-8-18(20(21)22)25-11-19(17)28-2/h3-4,7-11,20,26H,5-6,12,23H2,1-2H3/b15-9+,24-10?. The van der Waals surface area contributed by atoms with Crippen LogP contribution in [0, 0.1) is 0 Å². The predicted octanol–water partition coefficient (Wildman–Crippen LogP) is 3.20. The summed E-state index contributed by atoms with van der Waals surface area (Å²) in [5.74, 6) is 0.367. The number of halogens is 2. The second kappa shape index (κ2) is 10.5. The zero-order valence-electron chi connectivity index (χ0n) is 15.7. The number of hydrogen-bond donors (Lipinski definition) is 2. The minimum Gasteiger partial charge on any atom is -0.494 e. The van der Waals surface area contributed by atoms with Gasteiger partial charge in [0.15, 0.2) is 0 Å². The minimum absolute atomic E-state index is 0.0724. The number of hydrogen-bond acceptors (Lipinski definition) is 6. The molecule has 0 radical (unpaired) electrons. The number of nitrogens with zero attached hydrogens (tertiary/aromatic N) is 2. The number of pyridine rings is 1. The van der Waals surface area contributed by atoms with Crippen molar-refractivity contribution in [3.8, 4) is 16.9 Å². The van der Waals surface area contributed by atoms with Crippen molar-refractivity contribution >= 4 is 11.8 Å². The van der Waals surface area contributed by atoms with Gasteiger partial charge in [-0.15, -0.1) is 0 Å². The number of rotatable bonds is 9. The molecule has 6 nitrogen and oxygen atoms in total. The van der Waals surface area contributed by atoms with Gasteiger partial charge in [-0.1, -0.05) is 12.1 Å². The molecule has 0 aliphatic rings. The fourth-order valence-corrected chi connectivity index (χ4v) is 2.67. The number of ether oxygens (including phenoxy) is 2. The number of aliphatic imine (C=N–C) groups is 1. The first-order valence-electron chi connectivity index (χ1n) is 8.53. The summed E-state index contributed by atoms with van der Waals surface area (Å²) in [6.45, 7) is 0.463. The normalized spacial score (nSPS) is 12.1. The lowest BCUT2D eigenvalue weighted by Crippen LogP contribution is -2.00. The number of aromatic nitrogens is 1. The molecule has 2 rings (SSSR count). The first-order chi connectivity index (χ1) is 13.5. The molecule has 0 saturated heterocycles. The van der Waals surface area contributed by atoms with Crippen LogP contribution in [0.1, 0.15) is 23.2 Å². The number of methoxy groups -OCH3 is 2. The highest BCUT2D eigenvalue weighted by Gasteiger charge is 2.17. The lowest BCUT2D eigenvalue weighted by Gasteiger charge is -2.16. The van der Waals surface area contributed by atoms with Crippen molar-refractivity contribution in [3.63, 3.8) is 0 Å². The monoisotopic (exact) mass is 391 g/mol. The van der Waals surface area contributed by atoms with E-state index in [1.807, 2.05) is 18.2 Å². The lowest BCUT2D eigenvalue weighted by atomic mass is 9.94. The van der Waals surface area contributed by atoms with Crippen molar-refractivity contribution in [2.75, 3.05) is 27.4 Å². The average Bonchev–Trinajstić information content (AvgIpc) is 2.71. The number of alkyl halides is 2. The second-order valence-corrected chi connectivity index (χ2v) is 5.80. The van der Waals surface area contributed by atoms with Crippen LogP contribution < -0.4 is 10.5 Å². The van der Waals surface area contributed by atoms with E-state index in [1.165, 1.54) is 25.6 Å². The Morgan fingerprint density at radius 2 is 2.07 bits per heavy atom. The number of allylic oxidation sites excluding steroid dienone is 1. The van der Waals surface area contributed by atoms with Gasteiger partial charge in [-0.2, -0.15) is 0 Å². The SMILES string of the molecule is COCc1ccc(/C(C=NCCO)=C/N)cc1-c1cc(C(F)F)ncc1OC. The zero-order chi connectivity index (χ0) is 20.5. The summed E-state index contributed by atoms with van der Waals surface area (Å²) in [5.41, 5.74) is 8.66. The largest absolute Gasteiger partial charge is 0.494 e. The average molecular weight is 391 g/mol. The number of nitrogens with two attached hydrogens (primary N) is 1. The minimum atomic E-state index is -2.70. The predicted molar refractivity (Wildman–Crippen MR) is 105 cm³/mol. The molecule has 8 heteroatoms. The molecule has 3 N–H and O–H groups in total. The van der Waals surface area contributed by atoms with Gasteiger partial charge in [0.2, 0.25) is 0 Å². The molecular weight excluding hydrogens is 368 g/mol. The van der Waals surface area contributed by atoms with E-state index in [4.69, 9.17) is 20.3 Å². The third-order valence-corrected chi connectivity index (χ3v) is 4.00. The summed E-state index contributed by atoms with van der Waals surface area (Å²) in [6, 6.07) is 6.79. The van der Waals surface area contributed by atoms with E-state index in [0.717, 1.165) is 11.1 Å². The molecule has 28 heavy (non-hydrogen) atoms. The Morgan fingerprint density at radius 3 is 2.68 bits per heavy atom. The summed E-state index contributed by atoms with van der Waals surface area (Å²) >= 11 is 0. The van der Waals surface area contributed by atoms with E-state index in [-0.39, 0.29) is 25.5 Å². The van der Waals surface area contributed by atoms with Gasteiger partial charge < -0.3 is 20.3 Å². The molecule has 0 saturated carbocycles. The molecular formula is C20H23F2N3O3. The molecule has 150 valence electrons. The van der Waals surface area contributed by atoms with Crippen molar-refractivity contribution in [2.45, 2.75) is 13.0 Å². The molecule has 1 aromatic heterocycles. The van der Waals surface area contributed by atoms with Gasteiger partial charge in [-0.3, -0.25) is 9.98 Å². The summed E-state index contributed by atoms with van der Waals surface area (Å²) in [7, 11) is 3.01. The Labute approximate surface area is 162 Å². The van der Waals surface area contributed by atoms with Crippen LogP contribution in [0.25, 0.3) is 16.7 Å². The van der Waals surface area contributed by atoms with Crippen LogP contribution in [-0.2, 0) is 11.3 Å². The van der Waals surface area contributed by atoms with E-state index in [1.54, 1.807) is 13.3 Å². The van der Waals surface area contributed by atoms with Gasteiger partial charge in [-0.05, 0) is 28.8 Å². The molecule has 0 bridgehead atoms. The van der Waals surface area contributed by atoms with Gasteiger partial charge in [0.1, 0.15) is 11.4 Å². The third-order valence-electron chi connectivity index (χ3n) is 4.00. The maximum atomic E-state index is 13.2. The Morgan fingerprint density at radius 1 is 1.29 bits per heavy atom. The molecule has 0 unspecified atom stereocenters. The molecule has 0 aliphatic carbocycles. The number of aliphatic hydroxyl groups is 1. The number of benzene rings is 1. The fourth-order valence-electron chi connectivity index (χ4n) is 2.67. The van der Waals surface area contributed by atoms with Crippen molar-refractivity contribution in [1.29, 1.82) is 0 Å². The van der Waals surface area contributed by atoms with Gasteiger partial charge in [0.05, 0.1) is 33.1 Å². The van der Waals surface area contributed by atoms with E-state index >= 15 is 0 Å². The molecule has 0 spiro atoms. The van der Waals surface area contributed by atoms with Crippen molar-refractivity contribution in [2.24, 2.45) is 10.7 Å². The summed E-state index contributed by atoms with van der Waals surface area (Å²) in [6.07, 6.45) is 1.52. The Hall–Kier alpha value is -2.84. The first-order valence-corrected chi connectivity index (χ1v) is 8.53. The van der Waals surface area contributed by atoms with E-state index in [0.29, 0.717) is 22.4 Å². The Bertz CT molecular complexity index is 855. The fraction of sp³-hybridized carbons (Fsp3) is 0.300. The lowest BCUT2D eigenvalue weighted by molar-refractivity contribution is 0.146. The maximum absolute atomic E-state index is 13.2. The molecule has 1 heterocycles. The second-order valence-electron chi connectivity index (χ2n) is 5.80. The summed E-state index contributed by atoms with van der Waals surface area (Å²) in [5, 5.41) is 8.88. The molecule has 1 aromatic carbocycles. The maximum Gasteiger partial charge on any atom is 0.280 e. The van der Waals surface area contributed by atoms with E-state index in [9.17, 15) is 8.78 Å². The Kier molecular flexibility index (Phi) is 8.03. The highest BCUT2D eigenvalue weighted by molar-refractivity contribution is 6.10. The van der Waals surface area contributed by atoms with Gasteiger partial charge in [0.25, 0.3) is 6.43 Å². The van der Waals surface area contributed by atoms with Crippen LogP contribution in [0.4, 0.5) is 8.78 Å². The van der Waals surface area contributed by atoms with Crippen molar-refractivity contribution in [1.82, 2.24) is 4.98 Å². The first kappa shape index (κ1) is 21.5. The van der Waals surface area contributed by atoms with Gasteiger partial charge >= 0.3 is 0 Å². The van der Waals surface area contributed by atoms with Crippen LogP contribution in [0.15, 0.2) is 41.7 Å². The van der Waals surface area contributed by atoms with Gasteiger partial charge in [-0.25, -0.2) is 8.78 Å². The Balaban J connectivity index is 2.63. The highest BCUT2D eigenvalue weighted by atomic mass is 19.3. The van der Waals surface area contributed by atoms with E-state index < -0.39 is 6.43 Å². The van der Waals surface area contributed by atoms with Crippen molar-refractivity contribution < 1.29 is 23.4 Å². The van der Waals surface area contributed by atoms with Crippen LogP contribution in [0.3, 0.4) is 0 Å². The van der Waals surface area contributed by atoms with E-state index in [2.05, 4.69) is 9.98 Å². The van der Waals surface area contributed by atoms with Crippen LogP contribution in [-0.4, -0.2) is 43.7 Å². The third kappa shape index (κ3) is 5.11. The summed E-state index contributed by atoms with van der Waals surface area (Å²) < 4.78 is 37.0.